The zero-order valence-corrected chi connectivity index (χ0v) is 12.9. The third-order valence-electron chi connectivity index (χ3n) is 4.49. The largest absolute Gasteiger partial charge is 0.379 e. The summed E-state index contributed by atoms with van der Waals surface area (Å²) in [7, 11) is 4.05. The smallest absolute Gasteiger partial charge is 0.223 e. The van der Waals surface area contributed by atoms with Crippen LogP contribution in [0.3, 0.4) is 0 Å². The second kappa shape index (κ2) is 6.15. The standard InChI is InChI=1S/C15H24N4O2/c1-17-7-12-8-19(14(9-17)11-21-10-12)15(20)4-3-13-5-6-16-18(13)2/h5-6,12,14H,3-4,7-11H2,1-2H3/t12-,14-/m0/s1. The van der Waals surface area contributed by atoms with Crippen LogP contribution >= 0.6 is 0 Å². The molecular formula is C15H24N4O2. The van der Waals surface area contributed by atoms with Crippen molar-refractivity contribution in [3.8, 4) is 0 Å². The first-order chi connectivity index (χ1) is 10.1. The van der Waals surface area contributed by atoms with Gasteiger partial charge in [0.05, 0.1) is 19.3 Å². The van der Waals surface area contributed by atoms with Gasteiger partial charge in [-0.2, -0.15) is 5.10 Å². The fourth-order valence-electron chi connectivity index (χ4n) is 3.41. The zero-order chi connectivity index (χ0) is 14.8. The Hall–Kier alpha value is -1.40. The fraction of sp³-hybridized carbons (Fsp3) is 0.733. The summed E-state index contributed by atoms with van der Waals surface area (Å²) in [6.07, 6.45) is 3.08. The molecular weight excluding hydrogens is 268 g/mol. The van der Waals surface area contributed by atoms with E-state index in [-0.39, 0.29) is 11.9 Å². The van der Waals surface area contributed by atoms with Crippen LogP contribution in [0, 0.1) is 5.92 Å². The van der Waals surface area contributed by atoms with Crippen LogP contribution in [0.2, 0.25) is 0 Å². The minimum atomic E-state index is 0.196. The Bertz CT molecular complexity index is 502. The fourth-order valence-corrected chi connectivity index (χ4v) is 3.41. The average Bonchev–Trinajstić information content (AvgIpc) is 2.65. The molecule has 0 radical (unpaired) electrons. The second-order valence-electron chi connectivity index (χ2n) is 6.27. The van der Waals surface area contributed by atoms with Gasteiger partial charge in [-0.3, -0.25) is 9.48 Å². The van der Waals surface area contributed by atoms with Gasteiger partial charge < -0.3 is 14.5 Å². The van der Waals surface area contributed by atoms with Crippen molar-refractivity contribution in [2.45, 2.75) is 18.9 Å². The number of amides is 1. The van der Waals surface area contributed by atoms with Crippen molar-refractivity contribution in [2.75, 3.05) is 39.9 Å². The molecule has 2 fully saturated rings. The highest BCUT2D eigenvalue weighted by Gasteiger charge is 2.34. The molecule has 1 amide bonds. The van der Waals surface area contributed by atoms with Gasteiger partial charge in [-0.25, -0.2) is 0 Å². The van der Waals surface area contributed by atoms with Crippen molar-refractivity contribution < 1.29 is 9.53 Å². The highest BCUT2D eigenvalue weighted by molar-refractivity contribution is 5.77. The van der Waals surface area contributed by atoms with E-state index in [0.717, 1.165) is 38.4 Å². The lowest BCUT2D eigenvalue weighted by molar-refractivity contribution is -0.133. The van der Waals surface area contributed by atoms with Crippen LogP contribution in [0.25, 0.3) is 0 Å². The molecule has 0 aliphatic carbocycles. The highest BCUT2D eigenvalue weighted by atomic mass is 16.5. The number of hydrogen-bond donors (Lipinski definition) is 0. The number of carbonyl (C=O) groups is 1. The Kier molecular flexibility index (Phi) is 4.26. The number of aromatic nitrogens is 2. The van der Waals surface area contributed by atoms with Gasteiger partial charge in [0.2, 0.25) is 5.91 Å². The van der Waals surface area contributed by atoms with Gasteiger partial charge in [0.25, 0.3) is 0 Å². The Morgan fingerprint density at radius 3 is 2.95 bits per heavy atom. The normalized spacial score (nSPS) is 26.7. The predicted molar refractivity (Wildman–Crippen MR) is 78.8 cm³/mol. The van der Waals surface area contributed by atoms with Gasteiger partial charge >= 0.3 is 0 Å². The average molecular weight is 292 g/mol. The van der Waals surface area contributed by atoms with Gasteiger partial charge in [0.1, 0.15) is 0 Å². The SMILES string of the molecule is CN1C[C@@H]2COC[C@H](C1)N(C(=O)CCc1ccnn1C)C2. The van der Waals surface area contributed by atoms with E-state index < -0.39 is 0 Å². The molecule has 2 aliphatic rings. The number of likely N-dealkylation sites (N-methyl/N-ethyl adjacent to an activating group) is 1. The molecule has 0 unspecified atom stereocenters. The first-order valence-electron chi connectivity index (χ1n) is 7.66. The lowest BCUT2D eigenvalue weighted by atomic mass is 10.1. The monoisotopic (exact) mass is 292 g/mol. The van der Waals surface area contributed by atoms with E-state index in [1.165, 1.54) is 0 Å². The maximum atomic E-state index is 12.6. The molecule has 0 spiro atoms. The number of fused-ring (bicyclic) bond motifs is 3. The van der Waals surface area contributed by atoms with Crippen LogP contribution in [0.4, 0.5) is 0 Å². The third-order valence-corrected chi connectivity index (χ3v) is 4.49. The van der Waals surface area contributed by atoms with Crippen molar-refractivity contribution in [3.05, 3.63) is 18.0 Å². The molecule has 2 bridgehead atoms. The summed E-state index contributed by atoms with van der Waals surface area (Å²) in [6, 6.07) is 2.17. The Balaban J connectivity index is 1.64. The molecule has 6 nitrogen and oxygen atoms in total. The van der Waals surface area contributed by atoms with Gasteiger partial charge in [0, 0.05) is 50.9 Å². The van der Waals surface area contributed by atoms with Crippen molar-refractivity contribution in [2.24, 2.45) is 13.0 Å². The van der Waals surface area contributed by atoms with Crippen LogP contribution in [-0.2, 0) is 23.0 Å². The minimum absolute atomic E-state index is 0.196. The van der Waals surface area contributed by atoms with Crippen molar-refractivity contribution >= 4 is 5.91 Å². The maximum Gasteiger partial charge on any atom is 0.223 e. The van der Waals surface area contributed by atoms with E-state index in [1.54, 1.807) is 6.20 Å². The summed E-state index contributed by atoms with van der Waals surface area (Å²) < 4.78 is 7.56. The Morgan fingerprint density at radius 1 is 1.33 bits per heavy atom. The van der Waals surface area contributed by atoms with Gasteiger partial charge in [0.15, 0.2) is 0 Å². The molecule has 2 atom stereocenters. The topological polar surface area (TPSA) is 50.6 Å². The van der Waals surface area contributed by atoms with Crippen LogP contribution < -0.4 is 0 Å². The molecule has 116 valence electrons. The molecule has 6 heteroatoms. The van der Waals surface area contributed by atoms with Crippen LogP contribution in [0.5, 0.6) is 0 Å². The zero-order valence-electron chi connectivity index (χ0n) is 12.9. The summed E-state index contributed by atoms with van der Waals surface area (Å²) in [5.41, 5.74) is 1.11. The lowest BCUT2D eigenvalue weighted by Gasteiger charge is -2.29. The molecule has 0 saturated carbocycles. The van der Waals surface area contributed by atoms with E-state index in [4.69, 9.17) is 4.74 Å². The number of carbonyl (C=O) groups excluding carboxylic acids is 1. The van der Waals surface area contributed by atoms with Gasteiger partial charge in [-0.1, -0.05) is 0 Å². The maximum absolute atomic E-state index is 12.6. The Morgan fingerprint density at radius 2 is 2.19 bits per heavy atom. The molecule has 1 aromatic rings. The van der Waals surface area contributed by atoms with Crippen molar-refractivity contribution in [1.82, 2.24) is 19.6 Å². The highest BCUT2D eigenvalue weighted by Crippen LogP contribution is 2.20. The van der Waals surface area contributed by atoms with E-state index in [1.807, 2.05) is 17.8 Å². The molecule has 2 saturated heterocycles. The van der Waals surface area contributed by atoms with E-state index >= 15 is 0 Å². The molecule has 3 heterocycles. The molecule has 0 N–H and O–H groups in total. The van der Waals surface area contributed by atoms with Gasteiger partial charge in [-0.15, -0.1) is 0 Å². The molecule has 3 rings (SSSR count). The number of ether oxygens (including phenoxy) is 1. The lowest BCUT2D eigenvalue weighted by Crippen LogP contribution is -2.46. The van der Waals surface area contributed by atoms with Crippen molar-refractivity contribution in [3.63, 3.8) is 0 Å². The van der Waals surface area contributed by atoms with E-state index in [0.29, 0.717) is 18.9 Å². The summed E-state index contributed by atoms with van der Waals surface area (Å²) in [5, 5.41) is 4.15. The molecule has 21 heavy (non-hydrogen) atoms. The van der Waals surface area contributed by atoms with Crippen LogP contribution in [0.15, 0.2) is 12.3 Å². The summed E-state index contributed by atoms with van der Waals surface area (Å²) in [5.74, 6) is 0.676. The van der Waals surface area contributed by atoms with Crippen LogP contribution in [0.1, 0.15) is 12.1 Å². The van der Waals surface area contributed by atoms with Crippen LogP contribution in [-0.4, -0.2) is 71.4 Å². The Labute approximate surface area is 125 Å². The second-order valence-corrected chi connectivity index (χ2v) is 6.27. The number of nitrogens with zero attached hydrogens (tertiary/aromatic N) is 4. The molecule has 0 aromatic carbocycles. The third kappa shape index (κ3) is 3.27. The first kappa shape index (κ1) is 14.5. The predicted octanol–water partition coefficient (Wildman–Crippen LogP) is 0.142. The molecule has 1 aromatic heterocycles. The number of hydrogen-bond acceptors (Lipinski definition) is 4. The first-order valence-corrected chi connectivity index (χ1v) is 7.66. The number of rotatable bonds is 3. The number of aryl methyl sites for hydroxylation is 2. The summed E-state index contributed by atoms with van der Waals surface area (Å²) in [6.45, 7) is 4.19. The van der Waals surface area contributed by atoms with Gasteiger partial charge in [-0.05, 0) is 19.5 Å². The molecule has 2 aliphatic heterocycles. The summed E-state index contributed by atoms with van der Waals surface area (Å²) >= 11 is 0. The van der Waals surface area contributed by atoms with Crippen molar-refractivity contribution in [1.29, 1.82) is 0 Å². The quantitative estimate of drug-likeness (QED) is 0.795. The summed E-state index contributed by atoms with van der Waals surface area (Å²) in [4.78, 5) is 17.0. The van der Waals surface area contributed by atoms with E-state index in [9.17, 15) is 4.79 Å². The van der Waals surface area contributed by atoms with E-state index in [2.05, 4.69) is 21.9 Å². The minimum Gasteiger partial charge on any atom is -0.379 e.